The van der Waals surface area contributed by atoms with Gasteiger partial charge in [-0.25, -0.2) is 5.48 Å². The van der Waals surface area contributed by atoms with Gasteiger partial charge < -0.3 is 5.73 Å². The van der Waals surface area contributed by atoms with Crippen LogP contribution < -0.4 is 11.2 Å². The Labute approximate surface area is 60.4 Å². The molecule has 0 saturated heterocycles. The summed E-state index contributed by atoms with van der Waals surface area (Å²) in [6, 6.07) is 0. The molecule has 0 radical (unpaired) electrons. The van der Waals surface area contributed by atoms with Crippen molar-refractivity contribution in [2.24, 2.45) is 10.7 Å². The van der Waals surface area contributed by atoms with Crippen LogP contribution in [0.25, 0.3) is 0 Å². The minimum Gasteiger partial charge on any atom is -0.368 e. The molecule has 0 aliphatic rings. The monoisotopic (exact) mass is 141 g/mol. The van der Waals surface area contributed by atoms with Gasteiger partial charge in [-0.2, -0.15) is 0 Å². The van der Waals surface area contributed by atoms with Crippen LogP contribution in [0.1, 0.15) is 6.92 Å². The highest BCUT2D eigenvalue weighted by Crippen LogP contribution is 1.67. The number of hydrogen-bond donors (Lipinski definition) is 2. The molecule has 4 nitrogen and oxygen atoms in total. The van der Waals surface area contributed by atoms with Gasteiger partial charge in [0.25, 0.3) is 0 Å². The number of rotatable bonds is 3. The lowest BCUT2D eigenvalue weighted by Gasteiger charge is -2.00. The van der Waals surface area contributed by atoms with Gasteiger partial charge in [0.05, 0.1) is 0 Å². The van der Waals surface area contributed by atoms with Crippen LogP contribution in [0, 0.1) is 12.3 Å². The summed E-state index contributed by atoms with van der Waals surface area (Å²) in [5.74, 6) is 2.52. The van der Waals surface area contributed by atoms with Crippen LogP contribution >= 0.6 is 0 Å². The van der Waals surface area contributed by atoms with Crippen molar-refractivity contribution in [3.8, 4) is 12.3 Å². The molecule has 0 rings (SSSR count). The zero-order valence-corrected chi connectivity index (χ0v) is 5.92. The van der Waals surface area contributed by atoms with E-state index in [1.54, 1.807) is 0 Å². The molecule has 4 heteroatoms. The first-order valence-corrected chi connectivity index (χ1v) is 2.92. The van der Waals surface area contributed by atoms with Crippen LogP contribution in [-0.2, 0) is 4.84 Å². The summed E-state index contributed by atoms with van der Waals surface area (Å²) in [5, 5.41) is 0. The van der Waals surface area contributed by atoms with Crippen molar-refractivity contribution < 1.29 is 4.84 Å². The lowest BCUT2D eigenvalue weighted by Crippen LogP contribution is -2.31. The fourth-order valence-corrected chi connectivity index (χ4v) is 0.354. The average molecular weight is 141 g/mol. The highest BCUT2D eigenvalue weighted by molar-refractivity contribution is 5.76. The Kier molecular flexibility index (Phi) is 5.20. The van der Waals surface area contributed by atoms with E-state index in [9.17, 15) is 0 Å². The molecule has 0 spiro atoms. The highest BCUT2D eigenvalue weighted by atomic mass is 16.6. The van der Waals surface area contributed by atoms with Crippen molar-refractivity contribution in [3.63, 3.8) is 0 Å². The van der Waals surface area contributed by atoms with Gasteiger partial charge in [-0.1, -0.05) is 5.92 Å². The van der Waals surface area contributed by atoms with Gasteiger partial charge in [0.1, 0.15) is 6.61 Å². The van der Waals surface area contributed by atoms with Gasteiger partial charge in [0.15, 0.2) is 0 Å². The number of guanidine groups is 1. The molecular formula is C6H11N3O. The number of nitrogens with two attached hydrogens (primary N) is 1. The Morgan fingerprint density at radius 2 is 2.60 bits per heavy atom. The number of aliphatic imine (C=N–C) groups is 1. The maximum absolute atomic E-state index is 5.27. The Morgan fingerprint density at radius 3 is 3.10 bits per heavy atom. The molecule has 0 aromatic heterocycles. The molecule has 0 amide bonds. The number of terminal acetylenes is 1. The first kappa shape index (κ1) is 8.79. The zero-order valence-electron chi connectivity index (χ0n) is 5.92. The van der Waals surface area contributed by atoms with E-state index in [2.05, 4.69) is 21.2 Å². The molecule has 0 atom stereocenters. The van der Waals surface area contributed by atoms with Crippen molar-refractivity contribution in [1.29, 1.82) is 0 Å². The predicted molar refractivity (Wildman–Crippen MR) is 40.1 cm³/mol. The second-order valence-corrected chi connectivity index (χ2v) is 1.45. The van der Waals surface area contributed by atoms with Gasteiger partial charge in [-0.05, 0) is 6.92 Å². The van der Waals surface area contributed by atoms with Crippen LogP contribution in [-0.4, -0.2) is 19.1 Å². The largest absolute Gasteiger partial charge is 0.368 e. The molecule has 0 unspecified atom stereocenters. The summed E-state index contributed by atoms with van der Waals surface area (Å²) >= 11 is 0. The second kappa shape index (κ2) is 5.92. The number of hydroxylamine groups is 1. The van der Waals surface area contributed by atoms with E-state index in [1.165, 1.54) is 0 Å². The third-order valence-corrected chi connectivity index (χ3v) is 0.661. The van der Waals surface area contributed by atoms with E-state index in [0.717, 1.165) is 0 Å². The SMILES string of the molecule is C#CCONC(N)=NCC. The summed E-state index contributed by atoms with van der Waals surface area (Å²) in [6.45, 7) is 2.67. The summed E-state index contributed by atoms with van der Waals surface area (Å²) in [5.41, 5.74) is 7.64. The molecule has 0 aromatic rings. The number of nitrogens with one attached hydrogen (secondary N) is 1. The zero-order chi connectivity index (χ0) is 7.82. The van der Waals surface area contributed by atoms with Gasteiger partial charge in [0.2, 0.25) is 5.96 Å². The molecule has 3 N–H and O–H groups in total. The molecule has 10 heavy (non-hydrogen) atoms. The van der Waals surface area contributed by atoms with E-state index < -0.39 is 0 Å². The molecule has 0 fully saturated rings. The second-order valence-electron chi connectivity index (χ2n) is 1.45. The minimum absolute atomic E-state index is 0.180. The first-order chi connectivity index (χ1) is 4.81. The van der Waals surface area contributed by atoms with Crippen LogP contribution in [0.3, 0.4) is 0 Å². The fraction of sp³-hybridized carbons (Fsp3) is 0.500. The van der Waals surface area contributed by atoms with Crippen LogP contribution in [0.15, 0.2) is 4.99 Å². The van der Waals surface area contributed by atoms with E-state index in [1.807, 2.05) is 6.92 Å². The van der Waals surface area contributed by atoms with E-state index in [0.29, 0.717) is 6.54 Å². The topological polar surface area (TPSA) is 59.6 Å². The highest BCUT2D eigenvalue weighted by Gasteiger charge is 1.85. The van der Waals surface area contributed by atoms with Crippen molar-refractivity contribution in [2.45, 2.75) is 6.92 Å². The van der Waals surface area contributed by atoms with Gasteiger partial charge >= 0.3 is 0 Å². The first-order valence-electron chi connectivity index (χ1n) is 2.92. The summed E-state index contributed by atoms with van der Waals surface area (Å²) < 4.78 is 0. The van der Waals surface area contributed by atoms with E-state index in [-0.39, 0.29) is 12.6 Å². The fourth-order valence-electron chi connectivity index (χ4n) is 0.354. The molecule has 0 saturated carbocycles. The minimum atomic E-state index is 0.180. The smallest absolute Gasteiger partial charge is 0.213 e. The number of nitrogens with zero attached hydrogens (tertiary/aromatic N) is 1. The molecular weight excluding hydrogens is 130 g/mol. The quantitative estimate of drug-likeness (QED) is 0.183. The van der Waals surface area contributed by atoms with E-state index >= 15 is 0 Å². The van der Waals surface area contributed by atoms with Gasteiger partial charge in [-0.3, -0.25) is 9.83 Å². The number of hydrogen-bond acceptors (Lipinski definition) is 2. The van der Waals surface area contributed by atoms with Crippen molar-refractivity contribution >= 4 is 5.96 Å². The summed E-state index contributed by atoms with van der Waals surface area (Å²) in [7, 11) is 0. The lowest BCUT2D eigenvalue weighted by molar-refractivity contribution is 0.114. The van der Waals surface area contributed by atoms with Crippen LogP contribution in [0.4, 0.5) is 0 Å². The van der Waals surface area contributed by atoms with Crippen molar-refractivity contribution in [1.82, 2.24) is 5.48 Å². The Balaban J connectivity index is 3.32. The maximum Gasteiger partial charge on any atom is 0.213 e. The van der Waals surface area contributed by atoms with E-state index in [4.69, 9.17) is 12.2 Å². The maximum atomic E-state index is 5.27. The molecule has 56 valence electrons. The van der Waals surface area contributed by atoms with Crippen molar-refractivity contribution in [3.05, 3.63) is 0 Å². The molecule has 0 aliphatic heterocycles. The summed E-state index contributed by atoms with van der Waals surface area (Å²) in [4.78, 5) is 8.44. The Morgan fingerprint density at radius 1 is 1.90 bits per heavy atom. The third kappa shape index (κ3) is 4.94. The lowest BCUT2D eigenvalue weighted by atomic mass is 10.8. The average Bonchev–Trinajstić information content (AvgIpc) is 1.89. The van der Waals surface area contributed by atoms with Crippen LogP contribution in [0.2, 0.25) is 0 Å². The predicted octanol–water partition coefficient (Wildman–Crippen LogP) is -0.525. The normalized spacial score (nSPS) is 10.6. The molecule has 0 bridgehead atoms. The molecule has 0 aromatic carbocycles. The summed E-state index contributed by atoms with van der Waals surface area (Å²) in [6.07, 6.45) is 4.89. The molecule has 0 aliphatic carbocycles. The van der Waals surface area contributed by atoms with Crippen molar-refractivity contribution in [2.75, 3.05) is 13.2 Å². The van der Waals surface area contributed by atoms with Gasteiger partial charge in [-0.15, -0.1) is 6.42 Å². The third-order valence-electron chi connectivity index (χ3n) is 0.661. The Bertz CT molecular complexity index is 148. The molecule has 0 heterocycles. The van der Waals surface area contributed by atoms with Crippen LogP contribution in [0.5, 0.6) is 0 Å². The Hall–Kier alpha value is -1.21. The standard InChI is InChI=1S/C6H11N3O/c1-3-5-10-9-6(7)8-4-2/h1H,4-5H2,2H3,(H3,7,8,9). The van der Waals surface area contributed by atoms with Gasteiger partial charge in [0, 0.05) is 6.54 Å².